The maximum Gasteiger partial charge on any atom is 0.251 e. The number of nitrogens with two attached hydrogens (primary N) is 1. The highest BCUT2D eigenvalue weighted by molar-refractivity contribution is 7.89. The normalized spacial score (nSPS) is 11.4. The zero-order valence-corrected chi connectivity index (χ0v) is 12.8. The highest BCUT2D eigenvalue weighted by atomic mass is 32.2. The number of amides is 1. The van der Waals surface area contributed by atoms with Crippen LogP contribution in [-0.2, 0) is 14.8 Å². The number of hydrogen-bond donors (Lipinski definition) is 2. The number of carbonyl (C=O) groups is 1. The van der Waals surface area contributed by atoms with E-state index in [-0.39, 0.29) is 16.0 Å². The first kappa shape index (κ1) is 17.5. The van der Waals surface area contributed by atoms with Crippen molar-refractivity contribution >= 4 is 15.9 Å². The number of carbonyl (C=O) groups excluding carboxylic acids is 1. The summed E-state index contributed by atoms with van der Waals surface area (Å²) in [6.45, 7) is 2.27. The van der Waals surface area contributed by atoms with Gasteiger partial charge in [-0.15, -0.1) is 0 Å². The molecule has 0 aliphatic rings. The van der Waals surface area contributed by atoms with Crippen molar-refractivity contribution in [1.82, 2.24) is 5.32 Å². The summed E-state index contributed by atoms with van der Waals surface area (Å²) in [5.41, 5.74) is -0.178. The number of primary sulfonamides is 1. The van der Waals surface area contributed by atoms with Gasteiger partial charge in [-0.25, -0.2) is 17.9 Å². The van der Waals surface area contributed by atoms with Crippen LogP contribution in [0.3, 0.4) is 0 Å². The fraction of sp³-hybridized carbons (Fsp3) is 0.462. The molecule has 0 fully saturated rings. The summed E-state index contributed by atoms with van der Waals surface area (Å²) >= 11 is 0. The summed E-state index contributed by atoms with van der Waals surface area (Å²) < 4.78 is 41.3. The third-order valence-electron chi connectivity index (χ3n) is 2.93. The summed E-state index contributed by atoms with van der Waals surface area (Å²) in [7, 11) is -2.50. The van der Waals surface area contributed by atoms with E-state index in [1.807, 2.05) is 0 Å². The summed E-state index contributed by atoms with van der Waals surface area (Å²) in [6.07, 6.45) is 1.48. The van der Waals surface area contributed by atoms with Crippen molar-refractivity contribution in [3.05, 3.63) is 29.1 Å². The Morgan fingerprint density at radius 3 is 2.62 bits per heavy atom. The Hall–Kier alpha value is -1.51. The van der Waals surface area contributed by atoms with E-state index in [1.165, 1.54) is 6.92 Å². The van der Waals surface area contributed by atoms with Gasteiger partial charge in [-0.05, 0) is 31.9 Å². The molecule has 0 heterocycles. The fourth-order valence-corrected chi connectivity index (χ4v) is 2.57. The molecule has 0 atom stereocenters. The van der Waals surface area contributed by atoms with Crippen LogP contribution in [0, 0.1) is 12.7 Å². The Morgan fingerprint density at radius 2 is 2.05 bits per heavy atom. The van der Waals surface area contributed by atoms with Crippen LogP contribution in [0.4, 0.5) is 4.39 Å². The molecule has 0 aliphatic heterocycles. The van der Waals surface area contributed by atoms with Gasteiger partial charge in [0.2, 0.25) is 10.0 Å². The molecule has 0 aliphatic carbocycles. The van der Waals surface area contributed by atoms with E-state index in [9.17, 15) is 17.6 Å². The molecule has 0 radical (unpaired) electrons. The Kier molecular flexibility index (Phi) is 6.25. The molecule has 0 spiro atoms. The maximum absolute atomic E-state index is 13.7. The lowest BCUT2D eigenvalue weighted by atomic mass is 10.1. The molecule has 8 heteroatoms. The van der Waals surface area contributed by atoms with Gasteiger partial charge in [0.1, 0.15) is 5.82 Å². The summed E-state index contributed by atoms with van der Waals surface area (Å²) in [6, 6.07) is 2.08. The standard InChI is InChI=1S/C13H19FN2O4S/c1-9-11(14)7-10(8-12(9)21(15,18)19)13(17)16-5-3-4-6-20-2/h7-8H,3-6H2,1-2H3,(H,16,17)(H2,15,18,19). The van der Waals surface area contributed by atoms with Gasteiger partial charge in [0.15, 0.2) is 0 Å². The molecule has 6 nitrogen and oxygen atoms in total. The second kappa shape index (κ2) is 7.48. The second-order valence-corrected chi connectivity index (χ2v) is 6.11. The number of sulfonamides is 1. The SMILES string of the molecule is COCCCCNC(=O)c1cc(F)c(C)c(S(N)(=O)=O)c1. The Labute approximate surface area is 123 Å². The minimum absolute atomic E-state index is 0.0751. The zero-order chi connectivity index (χ0) is 16.0. The summed E-state index contributed by atoms with van der Waals surface area (Å²) in [4.78, 5) is 11.5. The van der Waals surface area contributed by atoms with Crippen LogP contribution < -0.4 is 10.5 Å². The number of rotatable bonds is 7. The smallest absolute Gasteiger partial charge is 0.251 e. The minimum atomic E-state index is -4.08. The molecule has 0 aromatic heterocycles. The number of ether oxygens (including phenoxy) is 1. The van der Waals surface area contributed by atoms with E-state index < -0.39 is 21.7 Å². The number of hydrogen-bond acceptors (Lipinski definition) is 4. The Morgan fingerprint density at radius 1 is 1.38 bits per heavy atom. The van der Waals surface area contributed by atoms with E-state index in [4.69, 9.17) is 9.88 Å². The first-order valence-corrected chi connectivity index (χ1v) is 7.92. The van der Waals surface area contributed by atoms with E-state index in [2.05, 4.69) is 5.32 Å². The lowest BCUT2D eigenvalue weighted by Gasteiger charge is -2.09. The second-order valence-electron chi connectivity index (χ2n) is 4.58. The monoisotopic (exact) mass is 318 g/mol. The van der Waals surface area contributed by atoms with Gasteiger partial charge in [0.05, 0.1) is 4.90 Å². The molecule has 0 saturated heterocycles. The van der Waals surface area contributed by atoms with Crippen molar-refractivity contribution < 1.29 is 22.3 Å². The number of nitrogens with one attached hydrogen (secondary N) is 1. The predicted molar refractivity (Wildman–Crippen MR) is 76.0 cm³/mol. The number of unbranched alkanes of at least 4 members (excludes halogenated alkanes) is 1. The van der Waals surface area contributed by atoms with Gasteiger partial charge in [-0.1, -0.05) is 0 Å². The van der Waals surface area contributed by atoms with E-state index in [0.29, 0.717) is 19.6 Å². The van der Waals surface area contributed by atoms with Gasteiger partial charge in [0.25, 0.3) is 5.91 Å². The molecule has 0 unspecified atom stereocenters. The number of methoxy groups -OCH3 is 1. The van der Waals surface area contributed by atoms with Crippen LogP contribution in [0.5, 0.6) is 0 Å². The van der Waals surface area contributed by atoms with Gasteiger partial charge in [0, 0.05) is 31.4 Å². The number of benzene rings is 1. The molecule has 1 rings (SSSR count). The first-order chi connectivity index (χ1) is 9.77. The third kappa shape index (κ3) is 5.07. The van der Waals surface area contributed by atoms with Crippen LogP contribution in [0.15, 0.2) is 17.0 Å². The quantitative estimate of drug-likeness (QED) is 0.731. The molecule has 0 bridgehead atoms. The van der Waals surface area contributed by atoms with Crippen LogP contribution in [-0.4, -0.2) is 34.6 Å². The Bertz CT molecular complexity index is 617. The molecular weight excluding hydrogens is 299 g/mol. The molecule has 1 aromatic carbocycles. The van der Waals surface area contributed by atoms with Crippen molar-refractivity contribution in [1.29, 1.82) is 0 Å². The first-order valence-electron chi connectivity index (χ1n) is 6.37. The molecule has 0 saturated carbocycles. The minimum Gasteiger partial charge on any atom is -0.385 e. The largest absolute Gasteiger partial charge is 0.385 e. The highest BCUT2D eigenvalue weighted by Crippen LogP contribution is 2.19. The summed E-state index contributed by atoms with van der Waals surface area (Å²) in [5.74, 6) is -1.33. The maximum atomic E-state index is 13.7. The van der Waals surface area contributed by atoms with Crippen molar-refractivity contribution in [2.45, 2.75) is 24.7 Å². The predicted octanol–water partition coefficient (Wildman–Crippen LogP) is 0.938. The van der Waals surface area contributed by atoms with Crippen molar-refractivity contribution in [3.63, 3.8) is 0 Å². The third-order valence-corrected chi connectivity index (χ3v) is 3.96. The van der Waals surface area contributed by atoms with Crippen molar-refractivity contribution in [2.24, 2.45) is 5.14 Å². The molecule has 3 N–H and O–H groups in total. The highest BCUT2D eigenvalue weighted by Gasteiger charge is 2.18. The molecule has 118 valence electrons. The topological polar surface area (TPSA) is 98.5 Å². The van der Waals surface area contributed by atoms with Crippen LogP contribution in [0.1, 0.15) is 28.8 Å². The molecule has 1 amide bonds. The van der Waals surface area contributed by atoms with Gasteiger partial charge < -0.3 is 10.1 Å². The summed E-state index contributed by atoms with van der Waals surface area (Å²) in [5, 5.41) is 7.60. The molecule has 1 aromatic rings. The average Bonchev–Trinajstić information content (AvgIpc) is 2.39. The average molecular weight is 318 g/mol. The van der Waals surface area contributed by atoms with E-state index in [0.717, 1.165) is 18.6 Å². The lowest BCUT2D eigenvalue weighted by molar-refractivity contribution is 0.0950. The molecular formula is C13H19FN2O4S. The lowest BCUT2D eigenvalue weighted by Crippen LogP contribution is -2.25. The Balaban J connectivity index is 2.84. The van der Waals surface area contributed by atoms with Crippen molar-refractivity contribution in [3.8, 4) is 0 Å². The van der Waals surface area contributed by atoms with Gasteiger partial charge >= 0.3 is 0 Å². The fourth-order valence-electron chi connectivity index (χ4n) is 1.76. The van der Waals surface area contributed by atoms with Crippen LogP contribution >= 0.6 is 0 Å². The molecule has 21 heavy (non-hydrogen) atoms. The van der Waals surface area contributed by atoms with Crippen LogP contribution in [0.25, 0.3) is 0 Å². The zero-order valence-electron chi connectivity index (χ0n) is 12.0. The van der Waals surface area contributed by atoms with Crippen LogP contribution in [0.2, 0.25) is 0 Å². The van der Waals surface area contributed by atoms with E-state index >= 15 is 0 Å². The number of halogens is 1. The van der Waals surface area contributed by atoms with Gasteiger partial charge in [-0.2, -0.15) is 0 Å². The van der Waals surface area contributed by atoms with Gasteiger partial charge in [-0.3, -0.25) is 4.79 Å². The van der Waals surface area contributed by atoms with Crippen molar-refractivity contribution in [2.75, 3.05) is 20.3 Å². The van der Waals surface area contributed by atoms with E-state index in [1.54, 1.807) is 7.11 Å².